The third-order valence-electron chi connectivity index (χ3n) is 2.84. The molecule has 0 aliphatic carbocycles. The number of nitrogens with one attached hydrogen (secondary N) is 1. The third kappa shape index (κ3) is 4.79. The topological polar surface area (TPSA) is 45.2 Å². The van der Waals surface area contributed by atoms with Crippen molar-refractivity contribution in [2.75, 3.05) is 31.7 Å². The minimum Gasteiger partial charge on any atom is -0.369 e. The molecule has 1 aromatic carbocycles. The van der Waals surface area contributed by atoms with E-state index in [4.69, 9.17) is 0 Å². The molecule has 0 aliphatic rings. The number of carbonyl (C=O) groups excluding carboxylic acids is 1. The number of benzene rings is 1. The molecule has 0 fully saturated rings. The Kier molecular flexibility index (Phi) is 5.63. The van der Waals surface area contributed by atoms with Crippen LogP contribution in [0.25, 0.3) is 0 Å². The van der Waals surface area contributed by atoms with Gasteiger partial charge >= 0.3 is 0 Å². The summed E-state index contributed by atoms with van der Waals surface area (Å²) in [5.41, 5.74) is 0.601. The molecule has 2 rings (SSSR count). The van der Waals surface area contributed by atoms with Crippen LogP contribution < -0.4 is 5.32 Å². The zero-order valence-electron chi connectivity index (χ0n) is 12.2. The van der Waals surface area contributed by atoms with Gasteiger partial charge in [0.25, 0.3) is 5.91 Å². The van der Waals surface area contributed by atoms with Crippen LogP contribution >= 0.6 is 11.8 Å². The van der Waals surface area contributed by atoms with Crippen LogP contribution in [-0.2, 0) is 0 Å². The summed E-state index contributed by atoms with van der Waals surface area (Å²) in [6, 6.07) is 13.9. The number of carbonyl (C=O) groups is 1. The Morgan fingerprint density at radius 1 is 1.19 bits per heavy atom. The van der Waals surface area contributed by atoms with Gasteiger partial charge in [0.1, 0.15) is 5.82 Å². The van der Waals surface area contributed by atoms with Crippen LogP contribution in [0.1, 0.15) is 10.4 Å². The van der Waals surface area contributed by atoms with Gasteiger partial charge in [-0.15, -0.1) is 11.8 Å². The van der Waals surface area contributed by atoms with Crippen molar-refractivity contribution >= 4 is 23.5 Å². The number of nitrogens with zero attached hydrogens (tertiary/aromatic N) is 2. The fraction of sp³-hybridized carbons (Fsp3) is 0.250. The van der Waals surface area contributed by atoms with Crippen LogP contribution in [0, 0.1) is 0 Å². The second-order valence-corrected chi connectivity index (χ2v) is 5.89. The minimum atomic E-state index is -0.0336. The molecule has 1 amide bonds. The highest BCUT2D eigenvalue weighted by Gasteiger charge is 2.07. The van der Waals surface area contributed by atoms with Gasteiger partial charge in [-0.2, -0.15) is 0 Å². The summed E-state index contributed by atoms with van der Waals surface area (Å²) >= 11 is 1.80. The summed E-state index contributed by atoms with van der Waals surface area (Å²) in [5, 5.41) is 3.25. The molecule has 0 radical (unpaired) electrons. The molecule has 1 heterocycles. The van der Waals surface area contributed by atoms with E-state index in [1.165, 1.54) is 4.90 Å². The average molecular weight is 301 g/mol. The van der Waals surface area contributed by atoms with Crippen molar-refractivity contribution in [1.29, 1.82) is 0 Å². The van der Waals surface area contributed by atoms with Crippen molar-refractivity contribution in [3.63, 3.8) is 0 Å². The van der Waals surface area contributed by atoms with Gasteiger partial charge in [-0.25, -0.2) is 4.98 Å². The first kappa shape index (κ1) is 15.4. The standard InChI is InChI=1S/C16H19N3OS/c1-19(2)16(20)13-8-9-15(18-12-13)17-10-11-21-14-6-4-3-5-7-14/h3-9,12H,10-11H2,1-2H3,(H,17,18). The van der Waals surface area contributed by atoms with E-state index >= 15 is 0 Å². The monoisotopic (exact) mass is 301 g/mol. The first-order valence-corrected chi connectivity index (χ1v) is 7.75. The maximum Gasteiger partial charge on any atom is 0.254 e. The average Bonchev–Trinajstić information content (AvgIpc) is 2.52. The summed E-state index contributed by atoms with van der Waals surface area (Å²) in [6.45, 7) is 0.827. The molecule has 0 aliphatic heterocycles. The largest absolute Gasteiger partial charge is 0.369 e. The molecule has 0 atom stereocenters. The summed E-state index contributed by atoms with van der Waals surface area (Å²) in [5.74, 6) is 1.72. The third-order valence-corrected chi connectivity index (χ3v) is 3.85. The Morgan fingerprint density at radius 2 is 1.95 bits per heavy atom. The fourth-order valence-electron chi connectivity index (χ4n) is 1.75. The normalized spacial score (nSPS) is 10.2. The number of rotatable bonds is 6. The van der Waals surface area contributed by atoms with Gasteiger partial charge in [-0.3, -0.25) is 4.79 Å². The van der Waals surface area contributed by atoms with Crippen LogP contribution in [0.3, 0.4) is 0 Å². The van der Waals surface area contributed by atoms with E-state index in [9.17, 15) is 4.79 Å². The number of anilines is 1. The van der Waals surface area contributed by atoms with Gasteiger partial charge < -0.3 is 10.2 Å². The minimum absolute atomic E-state index is 0.0336. The van der Waals surface area contributed by atoms with E-state index in [0.717, 1.165) is 18.1 Å². The number of aromatic nitrogens is 1. The zero-order chi connectivity index (χ0) is 15.1. The van der Waals surface area contributed by atoms with Crippen LogP contribution in [0.15, 0.2) is 53.6 Å². The highest BCUT2D eigenvalue weighted by atomic mass is 32.2. The number of thioether (sulfide) groups is 1. The van der Waals surface area contributed by atoms with Crippen molar-refractivity contribution in [3.05, 3.63) is 54.2 Å². The van der Waals surface area contributed by atoms with Gasteiger partial charge in [0.05, 0.1) is 5.56 Å². The summed E-state index contributed by atoms with van der Waals surface area (Å²) in [6.07, 6.45) is 1.61. The maximum atomic E-state index is 11.7. The van der Waals surface area contributed by atoms with Crippen LogP contribution in [0.4, 0.5) is 5.82 Å². The Bertz CT molecular complexity index is 570. The molecule has 1 aromatic heterocycles. The quantitative estimate of drug-likeness (QED) is 0.658. The van der Waals surface area contributed by atoms with Crippen LogP contribution in [-0.4, -0.2) is 42.2 Å². The molecule has 4 nitrogen and oxygen atoms in total. The van der Waals surface area contributed by atoms with Gasteiger partial charge in [0, 0.05) is 37.5 Å². The summed E-state index contributed by atoms with van der Waals surface area (Å²) < 4.78 is 0. The number of amides is 1. The first-order valence-electron chi connectivity index (χ1n) is 6.76. The molecule has 0 unspecified atom stereocenters. The van der Waals surface area contributed by atoms with E-state index in [-0.39, 0.29) is 5.91 Å². The lowest BCUT2D eigenvalue weighted by Crippen LogP contribution is -2.21. The lowest BCUT2D eigenvalue weighted by Gasteiger charge is -2.10. The lowest BCUT2D eigenvalue weighted by molar-refractivity contribution is 0.0827. The Hall–Kier alpha value is -2.01. The molecule has 1 N–H and O–H groups in total. The molecular weight excluding hydrogens is 282 g/mol. The SMILES string of the molecule is CN(C)C(=O)c1ccc(NCCSc2ccccc2)nc1. The lowest BCUT2D eigenvalue weighted by atomic mass is 10.2. The molecule has 5 heteroatoms. The van der Waals surface area contributed by atoms with E-state index < -0.39 is 0 Å². The zero-order valence-corrected chi connectivity index (χ0v) is 13.1. The highest BCUT2D eigenvalue weighted by molar-refractivity contribution is 7.99. The second-order valence-electron chi connectivity index (χ2n) is 4.72. The van der Waals surface area contributed by atoms with E-state index in [2.05, 4.69) is 22.4 Å². The van der Waals surface area contributed by atoms with Crippen molar-refractivity contribution in [2.45, 2.75) is 4.90 Å². The number of hydrogen-bond donors (Lipinski definition) is 1. The van der Waals surface area contributed by atoms with Gasteiger partial charge in [-0.1, -0.05) is 18.2 Å². The van der Waals surface area contributed by atoms with E-state index in [1.807, 2.05) is 24.3 Å². The Labute approximate surface area is 129 Å². The summed E-state index contributed by atoms with van der Waals surface area (Å²) in [7, 11) is 3.46. The fourth-order valence-corrected chi connectivity index (χ4v) is 2.54. The molecule has 0 spiro atoms. The van der Waals surface area contributed by atoms with Gasteiger partial charge in [0.2, 0.25) is 0 Å². The molecule has 0 saturated carbocycles. The van der Waals surface area contributed by atoms with E-state index in [0.29, 0.717) is 5.56 Å². The summed E-state index contributed by atoms with van der Waals surface area (Å²) in [4.78, 5) is 18.8. The Balaban J connectivity index is 1.77. The van der Waals surface area contributed by atoms with Crippen molar-refractivity contribution in [3.8, 4) is 0 Å². The van der Waals surface area contributed by atoms with Crippen LogP contribution in [0.2, 0.25) is 0 Å². The van der Waals surface area contributed by atoms with Crippen molar-refractivity contribution in [1.82, 2.24) is 9.88 Å². The van der Waals surface area contributed by atoms with Crippen molar-refractivity contribution in [2.24, 2.45) is 0 Å². The molecule has 110 valence electrons. The van der Waals surface area contributed by atoms with Gasteiger partial charge in [-0.05, 0) is 24.3 Å². The molecule has 21 heavy (non-hydrogen) atoms. The predicted octanol–water partition coefficient (Wildman–Crippen LogP) is 2.99. The second kappa shape index (κ2) is 7.69. The Morgan fingerprint density at radius 3 is 2.57 bits per heavy atom. The van der Waals surface area contributed by atoms with Gasteiger partial charge in [0.15, 0.2) is 0 Å². The van der Waals surface area contributed by atoms with E-state index in [1.54, 1.807) is 43.0 Å². The van der Waals surface area contributed by atoms with Crippen molar-refractivity contribution < 1.29 is 4.79 Å². The number of pyridine rings is 1. The molecule has 2 aromatic rings. The number of hydrogen-bond acceptors (Lipinski definition) is 4. The predicted molar refractivity (Wildman–Crippen MR) is 87.9 cm³/mol. The highest BCUT2D eigenvalue weighted by Crippen LogP contribution is 2.16. The maximum absolute atomic E-state index is 11.7. The smallest absolute Gasteiger partial charge is 0.254 e. The molecule has 0 bridgehead atoms. The first-order chi connectivity index (χ1) is 10.2. The molecular formula is C16H19N3OS. The molecule has 0 saturated heterocycles. The van der Waals surface area contributed by atoms with Crippen LogP contribution in [0.5, 0.6) is 0 Å².